The Morgan fingerprint density at radius 2 is 1.84 bits per heavy atom. The highest BCUT2D eigenvalue weighted by molar-refractivity contribution is 6.22. The molecule has 0 radical (unpaired) electrons. The zero-order chi connectivity index (χ0) is 13.0. The van der Waals surface area contributed by atoms with Crippen LogP contribution in [0.15, 0.2) is 35.1 Å². The minimum Gasteiger partial charge on any atom is -0.321 e. The van der Waals surface area contributed by atoms with Gasteiger partial charge in [-0.3, -0.25) is 9.59 Å². The molecule has 2 aromatic rings. The molecule has 92 valence electrons. The molecular weight excluding hydrogens is 238 g/mol. The molecule has 3 nitrogen and oxygen atoms in total. The fourth-order valence-corrected chi connectivity index (χ4v) is 3.02. The van der Waals surface area contributed by atoms with Crippen molar-refractivity contribution in [2.24, 2.45) is 0 Å². The Morgan fingerprint density at radius 1 is 1.05 bits per heavy atom. The van der Waals surface area contributed by atoms with E-state index in [1.54, 1.807) is 0 Å². The Morgan fingerprint density at radius 3 is 2.68 bits per heavy atom. The number of aromatic nitrogens is 1. The summed E-state index contributed by atoms with van der Waals surface area (Å²) in [4.78, 5) is 27.5. The molecule has 0 saturated carbocycles. The number of nitrogens with one attached hydrogen (secondary N) is 1. The van der Waals surface area contributed by atoms with Crippen LogP contribution in [0.4, 0.5) is 0 Å². The molecule has 0 amide bonds. The molecule has 2 aliphatic carbocycles. The molecule has 2 aliphatic rings. The number of hydrogen-bond acceptors (Lipinski definition) is 2. The lowest BCUT2D eigenvalue weighted by molar-refractivity contribution is 0.104. The Hall–Kier alpha value is -2.42. The summed E-state index contributed by atoms with van der Waals surface area (Å²) in [5.74, 6) is 0.0356. The fourth-order valence-electron chi connectivity index (χ4n) is 3.02. The maximum atomic E-state index is 12.5. The minimum atomic E-state index is -0.103. The smallest absolute Gasteiger partial charge is 0.255 e. The van der Waals surface area contributed by atoms with Gasteiger partial charge in [-0.15, -0.1) is 0 Å². The van der Waals surface area contributed by atoms with Crippen LogP contribution in [0, 0.1) is 0 Å². The molecular formula is C16H11NO2. The van der Waals surface area contributed by atoms with E-state index in [2.05, 4.69) is 4.98 Å². The van der Waals surface area contributed by atoms with Crippen LogP contribution < -0.4 is 5.56 Å². The largest absolute Gasteiger partial charge is 0.321 e. The highest BCUT2D eigenvalue weighted by Crippen LogP contribution is 2.37. The SMILES string of the molecule is O=C1c2ccccc2-c2[nH]c(=O)c3c(c21)CCC=C3. The van der Waals surface area contributed by atoms with Crippen molar-refractivity contribution in [3.05, 3.63) is 62.9 Å². The van der Waals surface area contributed by atoms with Gasteiger partial charge in [0.05, 0.1) is 11.3 Å². The van der Waals surface area contributed by atoms with Gasteiger partial charge in [0.2, 0.25) is 0 Å². The fraction of sp³-hybridized carbons (Fsp3) is 0.125. The van der Waals surface area contributed by atoms with Crippen molar-refractivity contribution in [1.82, 2.24) is 4.98 Å². The first-order valence-corrected chi connectivity index (χ1v) is 6.37. The molecule has 1 N–H and O–H groups in total. The van der Waals surface area contributed by atoms with Crippen LogP contribution in [0.5, 0.6) is 0 Å². The number of hydrogen-bond donors (Lipinski definition) is 1. The van der Waals surface area contributed by atoms with Crippen LogP contribution in [0.1, 0.15) is 33.5 Å². The monoisotopic (exact) mass is 249 g/mol. The second-order valence-electron chi connectivity index (χ2n) is 4.91. The standard InChI is InChI=1S/C16H11NO2/c18-15-11-7-3-2-6-10(11)14-13(15)9-5-1-4-8-12(9)16(19)17-14/h2-4,6-8H,1,5H2,(H,17,19). The second-order valence-corrected chi connectivity index (χ2v) is 4.91. The van der Waals surface area contributed by atoms with Gasteiger partial charge in [0, 0.05) is 16.7 Å². The van der Waals surface area contributed by atoms with Gasteiger partial charge in [0.1, 0.15) is 0 Å². The van der Waals surface area contributed by atoms with Crippen molar-refractivity contribution in [2.45, 2.75) is 12.8 Å². The third-order valence-corrected chi connectivity index (χ3v) is 3.87. The zero-order valence-corrected chi connectivity index (χ0v) is 10.2. The number of rotatable bonds is 0. The van der Waals surface area contributed by atoms with Crippen LogP contribution >= 0.6 is 0 Å². The van der Waals surface area contributed by atoms with E-state index in [9.17, 15) is 9.59 Å². The van der Waals surface area contributed by atoms with E-state index in [1.165, 1.54) is 0 Å². The molecule has 0 saturated heterocycles. The van der Waals surface area contributed by atoms with Gasteiger partial charge in [0.25, 0.3) is 5.56 Å². The molecule has 0 fully saturated rings. The van der Waals surface area contributed by atoms with Crippen LogP contribution in [0.2, 0.25) is 0 Å². The highest BCUT2D eigenvalue weighted by atomic mass is 16.1. The van der Waals surface area contributed by atoms with E-state index in [4.69, 9.17) is 0 Å². The van der Waals surface area contributed by atoms with Crippen LogP contribution in [0.25, 0.3) is 17.3 Å². The van der Waals surface area contributed by atoms with E-state index >= 15 is 0 Å². The van der Waals surface area contributed by atoms with Crippen LogP contribution in [0.3, 0.4) is 0 Å². The summed E-state index contributed by atoms with van der Waals surface area (Å²) >= 11 is 0. The minimum absolute atomic E-state index is 0.0356. The summed E-state index contributed by atoms with van der Waals surface area (Å²) in [6.07, 6.45) is 5.45. The third-order valence-electron chi connectivity index (χ3n) is 3.87. The molecule has 4 rings (SSSR count). The third kappa shape index (κ3) is 1.27. The Kier molecular flexibility index (Phi) is 1.96. The summed E-state index contributed by atoms with van der Waals surface area (Å²) in [5, 5.41) is 0. The van der Waals surface area contributed by atoms with E-state index in [0.29, 0.717) is 22.4 Å². The number of aromatic amines is 1. The number of carbonyl (C=O) groups excluding carboxylic acids is 1. The highest BCUT2D eigenvalue weighted by Gasteiger charge is 2.31. The van der Waals surface area contributed by atoms with Crippen molar-refractivity contribution in [3.8, 4) is 11.3 Å². The summed E-state index contributed by atoms with van der Waals surface area (Å²) < 4.78 is 0. The van der Waals surface area contributed by atoms with Crippen LogP contribution in [-0.4, -0.2) is 10.8 Å². The average Bonchev–Trinajstić information content (AvgIpc) is 2.73. The number of carbonyl (C=O) groups is 1. The Balaban J connectivity index is 2.14. The second kappa shape index (κ2) is 3.54. The zero-order valence-electron chi connectivity index (χ0n) is 10.2. The molecule has 0 unspecified atom stereocenters. The number of allylic oxidation sites excluding steroid dienone is 1. The number of pyridine rings is 1. The predicted molar refractivity (Wildman–Crippen MR) is 73.3 cm³/mol. The van der Waals surface area contributed by atoms with Crippen molar-refractivity contribution >= 4 is 11.9 Å². The van der Waals surface area contributed by atoms with E-state index in [0.717, 1.165) is 24.0 Å². The average molecular weight is 249 g/mol. The summed E-state index contributed by atoms with van der Waals surface area (Å²) in [7, 11) is 0. The maximum Gasteiger partial charge on any atom is 0.255 e. The Labute approximate surface area is 109 Å². The van der Waals surface area contributed by atoms with E-state index < -0.39 is 0 Å². The van der Waals surface area contributed by atoms with E-state index in [1.807, 2.05) is 36.4 Å². The molecule has 0 spiro atoms. The number of ketones is 1. The van der Waals surface area contributed by atoms with Gasteiger partial charge < -0.3 is 4.98 Å². The summed E-state index contributed by atoms with van der Waals surface area (Å²) in [6.45, 7) is 0. The molecule has 3 heteroatoms. The predicted octanol–water partition coefficient (Wildman–Crippen LogP) is 2.55. The number of benzene rings is 1. The lowest BCUT2D eigenvalue weighted by Crippen LogP contribution is -2.18. The lowest BCUT2D eigenvalue weighted by Gasteiger charge is -2.13. The van der Waals surface area contributed by atoms with Crippen molar-refractivity contribution in [2.75, 3.05) is 0 Å². The molecule has 0 atom stereocenters. The first-order chi connectivity index (χ1) is 9.27. The van der Waals surface area contributed by atoms with Crippen molar-refractivity contribution in [1.29, 1.82) is 0 Å². The topological polar surface area (TPSA) is 49.9 Å². The normalized spacial score (nSPS) is 15.1. The molecule has 19 heavy (non-hydrogen) atoms. The molecule has 1 aromatic carbocycles. The van der Waals surface area contributed by atoms with Gasteiger partial charge in [-0.25, -0.2) is 0 Å². The molecule has 0 bridgehead atoms. The van der Waals surface area contributed by atoms with Gasteiger partial charge >= 0.3 is 0 Å². The maximum absolute atomic E-state index is 12.5. The van der Waals surface area contributed by atoms with Crippen LogP contribution in [-0.2, 0) is 6.42 Å². The van der Waals surface area contributed by atoms with Gasteiger partial charge in [-0.1, -0.05) is 36.4 Å². The number of fused-ring (bicyclic) bond motifs is 5. The number of H-pyrrole nitrogens is 1. The summed E-state index contributed by atoms with van der Waals surface area (Å²) in [6, 6.07) is 7.45. The van der Waals surface area contributed by atoms with Gasteiger partial charge in [-0.05, 0) is 18.4 Å². The lowest BCUT2D eigenvalue weighted by atomic mass is 9.92. The molecule has 1 aromatic heterocycles. The van der Waals surface area contributed by atoms with Gasteiger partial charge in [-0.2, -0.15) is 0 Å². The summed E-state index contributed by atoms with van der Waals surface area (Å²) in [5.41, 5.74) is 4.37. The van der Waals surface area contributed by atoms with Crippen molar-refractivity contribution < 1.29 is 4.79 Å². The molecule has 0 aliphatic heterocycles. The Bertz CT molecular complexity index is 812. The molecule has 1 heterocycles. The van der Waals surface area contributed by atoms with Crippen molar-refractivity contribution in [3.63, 3.8) is 0 Å². The first kappa shape index (κ1) is 10.5. The van der Waals surface area contributed by atoms with E-state index in [-0.39, 0.29) is 11.3 Å². The quantitative estimate of drug-likeness (QED) is 0.665. The van der Waals surface area contributed by atoms with Gasteiger partial charge in [0.15, 0.2) is 5.78 Å². The first-order valence-electron chi connectivity index (χ1n) is 6.37.